The lowest BCUT2D eigenvalue weighted by Crippen LogP contribution is -2.27. The van der Waals surface area contributed by atoms with E-state index in [2.05, 4.69) is 37.0 Å². The molecule has 39 heavy (non-hydrogen) atoms. The third-order valence-corrected chi connectivity index (χ3v) is 7.78. The number of aromatic nitrogens is 7. The Morgan fingerprint density at radius 2 is 1.77 bits per heavy atom. The average Bonchev–Trinajstić information content (AvgIpc) is 2.91. The number of rotatable bonds is 9. The van der Waals surface area contributed by atoms with Crippen molar-refractivity contribution in [3.05, 3.63) is 52.5 Å². The molecule has 0 aliphatic rings. The van der Waals surface area contributed by atoms with Crippen molar-refractivity contribution in [1.82, 2.24) is 34.5 Å². The average molecular weight is 551 g/mol. The van der Waals surface area contributed by atoms with Gasteiger partial charge in [-0.2, -0.15) is 0 Å². The van der Waals surface area contributed by atoms with Gasteiger partial charge >= 0.3 is 5.95 Å². The summed E-state index contributed by atoms with van der Waals surface area (Å²) >= 11 is 0. The zero-order chi connectivity index (χ0) is 28.5. The van der Waals surface area contributed by atoms with Crippen LogP contribution in [-0.2, 0) is 16.4 Å². The van der Waals surface area contributed by atoms with Crippen molar-refractivity contribution in [1.29, 1.82) is 0 Å². The van der Waals surface area contributed by atoms with E-state index in [1.165, 1.54) is 12.3 Å². The van der Waals surface area contributed by atoms with Gasteiger partial charge in [0.1, 0.15) is 17.4 Å². The van der Waals surface area contributed by atoms with Crippen LogP contribution in [0.5, 0.6) is 0 Å². The maximum absolute atomic E-state index is 13.5. The summed E-state index contributed by atoms with van der Waals surface area (Å²) in [5, 5.41) is 3.03. The molecule has 4 aromatic heterocycles. The highest BCUT2D eigenvalue weighted by Crippen LogP contribution is 2.27. The molecule has 0 amide bonds. The van der Waals surface area contributed by atoms with Crippen LogP contribution in [0.3, 0.4) is 0 Å². The zero-order valence-corrected chi connectivity index (χ0v) is 23.7. The van der Waals surface area contributed by atoms with Crippen LogP contribution < -0.4 is 10.9 Å². The lowest BCUT2D eigenvalue weighted by atomic mass is 10.0. The van der Waals surface area contributed by atoms with Crippen LogP contribution in [0.15, 0.2) is 40.4 Å². The fourth-order valence-corrected chi connectivity index (χ4v) is 4.77. The van der Waals surface area contributed by atoms with Gasteiger partial charge in [-0.25, -0.2) is 27.9 Å². The van der Waals surface area contributed by atoms with Crippen molar-refractivity contribution in [2.45, 2.75) is 58.0 Å². The summed E-state index contributed by atoms with van der Waals surface area (Å²) in [5.41, 5.74) is 2.49. The van der Waals surface area contributed by atoms with E-state index >= 15 is 0 Å². The van der Waals surface area contributed by atoms with E-state index in [1.54, 1.807) is 41.6 Å². The molecule has 0 radical (unpaired) electrons. The molecule has 4 aromatic rings. The first-order chi connectivity index (χ1) is 18.4. The second-order valence-electron chi connectivity index (χ2n) is 9.70. The quantitative estimate of drug-likeness (QED) is 0.243. The third kappa shape index (κ3) is 5.67. The zero-order valence-electron chi connectivity index (χ0n) is 22.9. The fourth-order valence-electron chi connectivity index (χ4n) is 3.95. The monoisotopic (exact) mass is 550 g/mol. The molecule has 0 spiro atoms. The van der Waals surface area contributed by atoms with Gasteiger partial charge in [0.2, 0.25) is 0 Å². The van der Waals surface area contributed by atoms with E-state index in [-0.39, 0.29) is 40.5 Å². The van der Waals surface area contributed by atoms with Gasteiger partial charge in [0.05, 0.1) is 41.7 Å². The van der Waals surface area contributed by atoms with Crippen molar-refractivity contribution in [3.63, 3.8) is 0 Å². The van der Waals surface area contributed by atoms with Gasteiger partial charge in [0, 0.05) is 24.9 Å². The summed E-state index contributed by atoms with van der Waals surface area (Å²) in [6.45, 7) is 13.4. The molecular formula is C26H32N9O3S+. The van der Waals surface area contributed by atoms with Crippen LogP contribution in [0.4, 0.5) is 11.8 Å². The van der Waals surface area contributed by atoms with Crippen LogP contribution in [0, 0.1) is 0 Å². The van der Waals surface area contributed by atoms with E-state index in [4.69, 9.17) is 4.98 Å². The summed E-state index contributed by atoms with van der Waals surface area (Å²) in [6.07, 6.45) is 4.57. The first kappa shape index (κ1) is 27.9. The summed E-state index contributed by atoms with van der Waals surface area (Å²) in [6, 6.07) is 2.90. The minimum Gasteiger partial charge on any atom is -0.360 e. The highest BCUT2D eigenvalue weighted by Gasteiger charge is 2.23. The molecule has 0 aromatic carbocycles. The molecular weight excluding hydrogens is 518 g/mol. The molecule has 4 heterocycles. The lowest BCUT2D eigenvalue weighted by molar-refractivity contribution is -0.404. The molecule has 0 fully saturated rings. The van der Waals surface area contributed by atoms with Gasteiger partial charge < -0.3 is 5.32 Å². The van der Waals surface area contributed by atoms with Crippen molar-refractivity contribution in [2.24, 2.45) is 0 Å². The Labute approximate surface area is 226 Å². The van der Waals surface area contributed by atoms with Gasteiger partial charge in [-0.3, -0.25) is 14.3 Å². The molecule has 0 saturated heterocycles. The van der Waals surface area contributed by atoms with Gasteiger partial charge in [-0.15, -0.1) is 0 Å². The van der Waals surface area contributed by atoms with Crippen LogP contribution >= 0.6 is 0 Å². The Balaban J connectivity index is 1.73. The number of hydrogen-bond donors (Lipinski definition) is 1. The van der Waals surface area contributed by atoms with Crippen molar-refractivity contribution >= 4 is 39.5 Å². The van der Waals surface area contributed by atoms with E-state index in [1.807, 2.05) is 27.7 Å². The minimum absolute atomic E-state index is 0.00348. The van der Waals surface area contributed by atoms with Gasteiger partial charge in [0.15, 0.2) is 27.1 Å². The Morgan fingerprint density at radius 3 is 2.36 bits per heavy atom. The first-order valence-electron chi connectivity index (χ1n) is 12.5. The number of hydrogen-bond acceptors (Lipinski definition) is 10. The summed E-state index contributed by atoms with van der Waals surface area (Å²) < 4.78 is 27.2. The summed E-state index contributed by atoms with van der Waals surface area (Å²) in [4.78, 5) is 40.6. The van der Waals surface area contributed by atoms with Crippen LogP contribution in [0.2, 0.25) is 0 Å². The Kier molecular flexibility index (Phi) is 7.82. The molecule has 0 bridgehead atoms. The second kappa shape index (κ2) is 10.9. The Morgan fingerprint density at radius 1 is 1.03 bits per heavy atom. The Hall–Kier alpha value is -4.13. The topological polar surface area (TPSA) is 149 Å². The maximum Gasteiger partial charge on any atom is 0.432 e. The molecule has 12 nitrogen and oxygen atoms in total. The van der Waals surface area contributed by atoms with Gasteiger partial charge in [-0.05, 0) is 26.0 Å². The number of nitrogens with one attached hydrogen (secondary N) is 1. The lowest BCUT2D eigenvalue weighted by Gasteiger charge is -2.16. The molecule has 0 unspecified atom stereocenters. The summed E-state index contributed by atoms with van der Waals surface area (Å²) in [5.74, 6) is 1.07. The number of sulfone groups is 1. The number of nitrogens with zero attached hydrogens (tertiary/aromatic N) is 8. The molecule has 0 atom stereocenters. The van der Waals surface area contributed by atoms with E-state index in [0.717, 1.165) is 5.69 Å². The van der Waals surface area contributed by atoms with Crippen LogP contribution in [0.25, 0.3) is 22.6 Å². The van der Waals surface area contributed by atoms with Crippen molar-refractivity contribution < 1.29 is 13.0 Å². The third-order valence-electron chi connectivity index (χ3n) is 6.06. The molecule has 4 rings (SSSR count). The highest BCUT2D eigenvalue weighted by molar-refractivity contribution is 7.91. The summed E-state index contributed by atoms with van der Waals surface area (Å²) in [7, 11) is -1.57. The van der Waals surface area contributed by atoms with Crippen molar-refractivity contribution in [3.8, 4) is 11.4 Å². The normalized spacial score (nSPS) is 11.9. The van der Waals surface area contributed by atoms with Crippen molar-refractivity contribution in [2.75, 3.05) is 18.1 Å². The largest absolute Gasteiger partial charge is 0.432 e. The molecule has 204 valence electrons. The molecule has 13 heteroatoms. The first-order valence-corrected chi connectivity index (χ1v) is 14.2. The van der Waals surface area contributed by atoms with Gasteiger partial charge in [-0.1, -0.05) is 30.7 Å². The Bertz CT molecular complexity index is 1710. The predicted molar refractivity (Wildman–Crippen MR) is 149 cm³/mol. The molecule has 1 N–H and O–H groups in total. The van der Waals surface area contributed by atoms with Gasteiger partial charge in [0.25, 0.3) is 5.56 Å². The van der Waals surface area contributed by atoms with E-state index in [9.17, 15) is 13.2 Å². The van der Waals surface area contributed by atoms with Crippen LogP contribution in [0.1, 0.15) is 58.0 Å². The molecule has 0 aliphatic carbocycles. The SMILES string of the molecule is C=[N+](C)c1ncc(-c2ncc3nc(NCc4ccc(S(=O)(=O)CC)cn4)c(=O)n(C(C)C)c3n2)c(C(C)C)n1. The minimum atomic E-state index is -3.34. The number of pyridine rings is 1. The maximum atomic E-state index is 13.5. The van der Waals surface area contributed by atoms with E-state index in [0.29, 0.717) is 34.2 Å². The smallest absolute Gasteiger partial charge is 0.360 e. The van der Waals surface area contributed by atoms with Crippen LogP contribution in [-0.4, -0.2) is 67.0 Å². The number of fused-ring (bicyclic) bond motifs is 1. The highest BCUT2D eigenvalue weighted by atomic mass is 32.2. The predicted octanol–water partition coefficient (Wildman–Crippen LogP) is 3.12. The standard InChI is InChI=1S/C26H32N9O3S/c1-8-39(37,38)18-10-9-17(27-12-18)11-28-23-25(36)35(16(4)5)24-20(31-23)14-29-22(33-24)19-13-30-26(34(6)7)32-21(19)15(2)3/h9-10,12-16H,6,8,11H2,1-5,7H3,(H,28,31)/q+1. The molecule has 0 aliphatic heterocycles. The molecule has 0 saturated carbocycles. The second-order valence-corrected chi connectivity index (χ2v) is 12.0. The number of anilines is 1. The fraction of sp³-hybridized carbons (Fsp3) is 0.385. The van der Waals surface area contributed by atoms with E-state index < -0.39 is 9.84 Å².